The zero-order valence-corrected chi connectivity index (χ0v) is 13.3. The van der Waals surface area contributed by atoms with Gasteiger partial charge in [0, 0.05) is 24.4 Å². The SMILES string of the molecule is O=C1c2ccccc2NC(c2ccccc2O)N1CC1CCCO1. The van der Waals surface area contributed by atoms with E-state index in [1.807, 2.05) is 36.4 Å². The molecule has 0 bridgehead atoms. The number of nitrogens with one attached hydrogen (secondary N) is 1. The second kappa shape index (κ2) is 6.17. The number of benzene rings is 2. The minimum absolute atomic E-state index is 0.0342. The Morgan fingerprint density at radius 3 is 2.75 bits per heavy atom. The molecule has 2 aromatic rings. The van der Waals surface area contributed by atoms with Gasteiger partial charge in [-0.25, -0.2) is 0 Å². The lowest BCUT2D eigenvalue weighted by Crippen LogP contribution is -2.46. The summed E-state index contributed by atoms with van der Waals surface area (Å²) < 4.78 is 5.72. The molecule has 2 N–H and O–H groups in total. The van der Waals surface area contributed by atoms with Crippen LogP contribution < -0.4 is 5.32 Å². The first-order valence-electron chi connectivity index (χ1n) is 8.30. The Bertz CT molecular complexity index is 756. The van der Waals surface area contributed by atoms with E-state index in [1.54, 1.807) is 17.0 Å². The number of aromatic hydroxyl groups is 1. The second-order valence-corrected chi connectivity index (χ2v) is 6.24. The lowest BCUT2D eigenvalue weighted by Gasteiger charge is -2.39. The molecule has 1 fully saturated rings. The van der Waals surface area contributed by atoms with Gasteiger partial charge in [-0.3, -0.25) is 4.79 Å². The van der Waals surface area contributed by atoms with Crippen LogP contribution in [-0.2, 0) is 4.74 Å². The van der Waals surface area contributed by atoms with Crippen molar-refractivity contribution in [2.24, 2.45) is 0 Å². The Kier molecular flexibility index (Phi) is 3.86. The van der Waals surface area contributed by atoms with Crippen molar-refractivity contribution in [1.82, 2.24) is 4.90 Å². The summed E-state index contributed by atoms with van der Waals surface area (Å²) in [6.07, 6.45) is 1.63. The predicted molar refractivity (Wildman–Crippen MR) is 90.9 cm³/mol. The van der Waals surface area contributed by atoms with Gasteiger partial charge in [-0.2, -0.15) is 0 Å². The highest BCUT2D eigenvalue weighted by Crippen LogP contribution is 2.36. The molecule has 2 aliphatic heterocycles. The molecule has 0 aromatic heterocycles. The van der Waals surface area contributed by atoms with Crippen LogP contribution >= 0.6 is 0 Å². The van der Waals surface area contributed by atoms with Gasteiger partial charge in [0.05, 0.1) is 11.7 Å². The van der Waals surface area contributed by atoms with Crippen LogP contribution in [0.25, 0.3) is 0 Å². The number of ether oxygens (including phenoxy) is 1. The normalized spacial score (nSPS) is 23.0. The fraction of sp³-hybridized carbons (Fsp3) is 0.316. The molecule has 2 aliphatic rings. The summed E-state index contributed by atoms with van der Waals surface area (Å²) in [6, 6.07) is 14.6. The van der Waals surface area contributed by atoms with Crippen LogP contribution in [0.3, 0.4) is 0 Å². The van der Waals surface area contributed by atoms with E-state index in [0.29, 0.717) is 17.7 Å². The van der Waals surface area contributed by atoms with Crippen molar-refractivity contribution in [3.05, 3.63) is 59.7 Å². The zero-order valence-electron chi connectivity index (χ0n) is 13.3. The number of phenolic OH excluding ortho intramolecular Hbond substituents is 1. The molecule has 124 valence electrons. The van der Waals surface area contributed by atoms with Gasteiger partial charge in [0.25, 0.3) is 5.91 Å². The monoisotopic (exact) mass is 324 g/mol. The number of fused-ring (bicyclic) bond motifs is 1. The fourth-order valence-electron chi connectivity index (χ4n) is 3.45. The first kappa shape index (κ1) is 15.0. The first-order chi connectivity index (χ1) is 11.7. The maximum atomic E-state index is 13.0. The van der Waals surface area contributed by atoms with Crippen molar-refractivity contribution >= 4 is 11.6 Å². The van der Waals surface area contributed by atoms with Crippen molar-refractivity contribution < 1.29 is 14.6 Å². The van der Waals surface area contributed by atoms with Crippen molar-refractivity contribution in [2.45, 2.75) is 25.1 Å². The van der Waals surface area contributed by atoms with Crippen LogP contribution in [0.5, 0.6) is 5.75 Å². The minimum Gasteiger partial charge on any atom is -0.508 e. The van der Waals surface area contributed by atoms with Gasteiger partial charge >= 0.3 is 0 Å². The van der Waals surface area contributed by atoms with E-state index < -0.39 is 6.17 Å². The van der Waals surface area contributed by atoms with Crippen LogP contribution in [-0.4, -0.2) is 35.2 Å². The number of carbonyl (C=O) groups excluding carboxylic acids is 1. The molecule has 2 heterocycles. The summed E-state index contributed by atoms with van der Waals surface area (Å²) in [5.74, 6) is 0.146. The Balaban J connectivity index is 1.73. The third-order valence-electron chi connectivity index (χ3n) is 4.68. The van der Waals surface area contributed by atoms with Gasteiger partial charge in [-0.15, -0.1) is 0 Å². The van der Waals surface area contributed by atoms with Gasteiger partial charge in [-0.1, -0.05) is 30.3 Å². The standard InChI is InChI=1S/C19H20N2O3/c22-17-10-4-2-8-15(17)18-20-16-9-3-1-7-14(16)19(23)21(18)12-13-6-5-11-24-13/h1-4,7-10,13,18,20,22H,5-6,11-12H2. The molecule has 2 atom stereocenters. The van der Waals surface area contributed by atoms with E-state index in [9.17, 15) is 9.90 Å². The highest BCUT2D eigenvalue weighted by atomic mass is 16.5. The summed E-state index contributed by atoms with van der Waals surface area (Å²) in [4.78, 5) is 14.8. The Morgan fingerprint density at radius 2 is 1.96 bits per heavy atom. The highest BCUT2D eigenvalue weighted by molar-refractivity contribution is 6.01. The molecule has 1 amide bonds. The van der Waals surface area contributed by atoms with Gasteiger partial charge in [0.1, 0.15) is 11.9 Å². The molecule has 2 aromatic carbocycles. The highest BCUT2D eigenvalue weighted by Gasteiger charge is 2.36. The zero-order chi connectivity index (χ0) is 16.5. The molecule has 24 heavy (non-hydrogen) atoms. The number of rotatable bonds is 3. The molecule has 2 unspecified atom stereocenters. The summed E-state index contributed by atoms with van der Waals surface area (Å²) in [5, 5.41) is 13.7. The Hall–Kier alpha value is -2.53. The summed E-state index contributed by atoms with van der Waals surface area (Å²) >= 11 is 0. The Labute approximate surface area is 140 Å². The third kappa shape index (κ3) is 2.61. The molecule has 0 spiro atoms. The maximum Gasteiger partial charge on any atom is 0.257 e. The molecular formula is C19H20N2O3. The van der Waals surface area contributed by atoms with Gasteiger partial charge < -0.3 is 20.1 Å². The Morgan fingerprint density at radius 1 is 1.17 bits per heavy atom. The molecule has 5 nitrogen and oxygen atoms in total. The lowest BCUT2D eigenvalue weighted by molar-refractivity contribution is 0.0424. The minimum atomic E-state index is -0.405. The van der Waals surface area contributed by atoms with Crippen molar-refractivity contribution in [1.29, 1.82) is 0 Å². The number of hydrogen-bond acceptors (Lipinski definition) is 4. The molecule has 1 saturated heterocycles. The predicted octanol–water partition coefficient (Wildman–Crippen LogP) is 3.14. The molecular weight excluding hydrogens is 304 g/mol. The first-order valence-corrected chi connectivity index (χ1v) is 8.30. The molecule has 0 saturated carbocycles. The maximum absolute atomic E-state index is 13.0. The van der Waals surface area contributed by atoms with Crippen molar-refractivity contribution in [3.8, 4) is 5.75 Å². The van der Waals surface area contributed by atoms with Crippen LogP contribution in [0.2, 0.25) is 0 Å². The largest absolute Gasteiger partial charge is 0.508 e. The average Bonchev–Trinajstić information content (AvgIpc) is 3.11. The van der Waals surface area contributed by atoms with E-state index >= 15 is 0 Å². The second-order valence-electron chi connectivity index (χ2n) is 6.24. The molecule has 0 radical (unpaired) electrons. The summed E-state index contributed by atoms with van der Waals surface area (Å²) in [7, 11) is 0. The smallest absolute Gasteiger partial charge is 0.257 e. The number of hydrogen-bond donors (Lipinski definition) is 2. The number of para-hydroxylation sites is 2. The number of nitrogens with zero attached hydrogens (tertiary/aromatic N) is 1. The molecule has 4 rings (SSSR count). The van der Waals surface area contributed by atoms with Gasteiger partial charge in [0.2, 0.25) is 0 Å². The van der Waals surface area contributed by atoms with E-state index in [2.05, 4.69) is 5.32 Å². The molecule has 5 heteroatoms. The van der Waals surface area contributed by atoms with Crippen LogP contribution in [0, 0.1) is 0 Å². The summed E-state index contributed by atoms with van der Waals surface area (Å²) in [6.45, 7) is 1.26. The van der Waals surface area contributed by atoms with Crippen LogP contribution in [0.15, 0.2) is 48.5 Å². The van der Waals surface area contributed by atoms with E-state index in [-0.39, 0.29) is 17.8 Å². The van der Waals surface area contributed by atoms with Crippen molar-refractivity contribution in [2.75, 3.05) is 18.5 Å². The average molecular weight is 324 g/mol. The van der Waals surface area contributed by atoms with Crippen molar-refractivity contribution in [3.63, 3.8) is 0 Å². The quantitative estimate of drug-likeness (QED) is 0.910. The fourth-order valence-corrected chi connectivity index (χ4v) is 3.45. The number of anilines is 1. The van der Waals surface area contributed by atoms with Crippen LogP contribution in [0.1, 0.15) is 34.9 Å². The van der Waals surface area contributed by atoms with E-state index in [4.69, 9.17) is 4.74 Å². The van der Waals surface area contributed by atoms with Gasteiger partial charge in [0.15, 0.2) is 0 Å². The third-order valence-corrected chi connectivity index (χ3v) is 4.68. The van der Waals surface area contributed by atoms with E-state index in [1.165, 1.54) is 0 Å². The van der Waals surface area contributed by atoms with Crippen LogP contribution in [0.4, 0.5) is 5.69 Å². The number of amides is 1. The molecule has 0 aliphatic carbocycles. The van der Waals surface area contributed by atoms with Gasteiger partial charge in [-0.05, 0) is 31.0 Å². The number of phenols is 1. The number of carbonyl (C=O) groups is 1. The summed E-state index contributed by atoms with van der Waals surface area (Å²) in [5.41, 5.74) is 2.14. The lowest BCUT2D eigenvalue weighted by atomic mass is 10.0. The topological polar surface area (TPSA) is 61.8 Å². The van der Waals surface area contributed by atoms with E-state index in [0.717, 1.165) is 25.1 Å².